The van der Waals surface area contributed by atoms with Gasteiger partial charge in [0.05, 0.1) is 17.5 Å². The normalized spacial score (nSPS) is 11.2. The maximum absolute atomic E-state index is 5.46. The number of aryl methyl sites for hydroxylation is 1. The molecular formula is C19H18N4O2S. The van der Waals surface area contributed by atoms with E-state index in [2.05, 4.69) is 26.8 Å². The Morgan fingerprint density at radius 1 is 1.12 bits per heavy atom. The first kappa shape index (κ1) is 16.7. The fraction of sp³-hybridized carbons (Fsp3) is 0.211. The highest BCUT2D eigenvalue weighted by atomic mass is 32.2. The third-order valence-corrected chi connectivity index (χ3v) is 5.10. The molecule has 4 aromatic rings. The van der Waals surface area contributed by atoms with Gasteiger partial charge in [0, 0.05) is 23.9 Å². The number of thioether (sulfide) groups is 1. The Morgan fingerprint density at radius 3 is 2.69 bits per heavy atom. The van der Waals surface area contributed by atoms with Gasteiger partial charge in [-0.05, 0) is 19.9 Å². The molecule has 0 saturated heterocycles. The number of hydrogen-bond acceptors (Lipinski definition) is 6. The minimum atomic E-state index is 0.666. The predicted octanol–water partition coefficient (Wildman–Crippen LogP) is 4.81. The molecular weight excluding hydrogens is 348 g/mol. The van der Waals surface area contributed by atoms with Crippen LogP contribution in [-0.4, -0.2) is 19.9 Å². The van der Waals surface area contributed by atoms with E-state index in [1.165, 1.54) is 0 Å². The highest BCUT2D eigenvalue weighted by Gasteiger charge is 2.17. The van der Waals surface area contributed by atoms with Crippen LogP contribution in [0, 0.1) is 6.92 Å². The molecule has 0 aliphatic carbocycles. The minimum absolute atomic E-state index is 0.666. The van der Waals surface area contributed by atoms with Gasteiger partial charge in [-0.1, -0.05) is 47.3 Å². The van der Waals surface area contributed by atoms with Crippen LogP contribution in [0.15, 0.2) is 62.8 Å². The van der Waals surface area contributed by atoms with E-state index in [0.29, 0.717) is 5.75 Å². The van der Waals surface area contributed by atoms with Crippen molar-refractivity contribution in [2.75, 3.05) is 0 Å². The van der Waals surface area contributed by atoms with E-state index in [-0.39, 0.29) is 0 Å². The second kappa shape index (κ2) is 7.21. The zero-order chi connectivity index (χ0) is 17.9. The van der Waals surface area contributed by atoms with E-state index in [1.54, 1.807) is 18.0 Å². The molecule has 132 valence electrons. The molecule has 0 bridgehead atoms. The molecule has 0 saturated carbocycles. The lowest BCUT2D eigenvalue weighted by Gasteiger charge is -2.05. The standard InChI is InChI=1S/C19H18N4O2S/c1-3-23-18(16-9-10-24-13(16)2)20-21-19(23)26-12-15-11-17(25-22-15)14-7-5-4-6-8-14/h4-11H,3,12H2,1-2H3. The first-order valence-corrected chi connectivity index (χ1v) is 9.36. The van der Waals surface area contributed by atoms with Crippen molar-refractivity contribution in [1.82, 2.24) is 19.9 Å². The van der Waals surface area contributed by atoms with Gasteiger partial charge in [0.1, 0.15) is 5.76 Å². The van der Waals surface area contributed by atoms with Gasteiger partial charge in [0.2, 0.25) is 0 Å². The van der Waals surface area contributed by atoms with Crippen molar-refractivity contribution < 1.29 is 8.94 Å². The minimum Gasteiger partial charge on any atom is -0.469 e. The number of hydrogen-bond donors (Lipinski definition) is 0. The second-order valence-electron chi connectivity index (χ2n) is 5.78. The van der Waals surface area contributed by atoms with Crippen LogP contribution in [0.1, 0.15) is 18.4 Å². The van der Waals surface area contributed by atoms with Gasteiger partial charge in [-0.3, -0.25) is 0 Å². The van der Waals surface area contributed by atoms with Gasteiger partial charge < -0.3 is 13.5 Å². The van der Waals surface area contributed by atoms with E-state index in [0.717, 1.165) is 45.9 Å². The van der Waals surface area contributed by atoms with Crippen LogP contribution >= 0.6 is 11.8 Å². The third-order valence-electron chi connectivity index (χ3n) is 4.10. The van der Waals surface area contributed by atoms with Crippen molar-refractivity contribution in [1.29, 1.82) is 0 Å². The maximum Gasteiger partial charge on any atom is 0.191 e. The predicted molar refractivity (Wildman–Crippen MR) is 99.6 cm³/mol. The zero-order valence-corrected chi connectivity index (χ0v) is 15.4. The van der Waals surface area contributed by atoms with Gasteiger partial charge in [-0.2, -0.15) is 0 Å². The summed E-state index contributed by atoms with van der Waals surface area (Å²) in [5, 5.41) is 13.7. The Balaban J connectivity index is 1.51. The summed E-state index contributed by atoms with van der Waals surface area (Å²) in [5.41, 5.74) is 2.87. The molecule has 0 aliphatic heterocycles. The maximum atomic E-state index is 5.46. The molecule has 7 heteroatoms. The summed E-state index contributed by atoms with van der Waals surface area (Å²) < 4.78 is 12.9. The number of rotatable bonds is 6. The number of benzene rings is 1. The fourth-order valence-electron chi connectivity index (χ4n) is 2.75. The lowest BCUT2D eigenvalue weighted by atomic mass is 10.2. The highest BCUT2D eigenvalue weighted by molar-refractivity contribution is 7.98. The zero-order valence-electron chi connectivity index (χ0n) is 14.5. The Morgan fingerprint density at radius 2 is 1.96 bits per heavy atom. The van der Waals surface area contributed by atoms with Crippen molar-refractivity contribution in [3.63, 3.8) is 0 Å². The Hall–Kier alpha value is -2.80. The number of nitrogens with zero attached hydrogens (tertiary/aromatic N) is 4. The van der Waals surface area contributed by atoms with Crippen LogP contribution < -0.4 is 0 Å². The summed E-state index contributed by atoms with van der Waals surface area (Å²) in [6, 6.07) is 13.8. The molecule has 3 aromatic heterocycles. The van der Waals surface area contributed by atoms with Crippen LogP contribution in [0.2, 0.25) is 0 Å². The molecule has 0 radical (unpaired) electrons. The van der Waals surface area contributed by atoms with Crippen LogP contribution in [0.4, 0.5) is 0 Å². The number of aromatic nitrogens is 4. The molecule has 1 aromatic carbocycles. The van der Waals surface area contributed by atoms with Gasteiger partial charge in [-0.15, -0.1) is 10.2 Å². The molecule has 3 heterocycles. The topological polar surface area (TPSA) is 69.9 Å². The summed E-state index contributed by atoms with van der Waals surface area (Å²) in [4.78, 5) is 0. The van der Waals surface area contributed by atoms with Crippen LogP contribution in [-0.2, 0) is 12.3 Å². The summed E-state index contributed by atoms with van der Waals surface area (Å²) in [5.74, 6) is 3.10. The van der Waals surface area contributed by atoms with Crippen molar-refractivity contribution in [3.05, 3.63) is 60.2 Å². The average molecular weight is 366 g/mol. The van der Waals surface area contributed by atoms with E-state index >= 15 is 0 Å². The lowest BCUT2D eigenvalue weighted by Crippen LogP contribution is -2.00. The molecule has 0 fully saturated rings. The Bertz CT molecular complexity index is 1000. The monoisotopic (exact) mass is 366 g/mol. The SMILES string of the molecule is CCn1c(SCc2cc(-c3ccccc3)on2)nnc1-c1ccoc1C. The molecule has 0 N–H and O–H groups in total. The van der Waals surface area contributed by atoms with Crippen molar-refractivity contribution in [3.8, 4) is 22.7 Å². The molecule has 0 amide bonds. The smallest absolute Gasteiger partial charge is 0.191 e. The average Bonchev–Trinajstić information content (AvgIpc) is 3.39. The molecule has 26 heavy (non-hydrogen) atoms. The van der Waals surface area contributed by atoms with Gasteiger partial charge in [0.25, 0.3) is 0 Å². The highest BCUT2D eigenvalue weighted by Crippen LogP contribution is 2.29. The molecule has 0 unspecified atom stereocenters. The van der Waals surface area contributed by atoms with Crippen molar-refractivity contribution in [2.45, 2.75) is 31.3 Å². The first-order valence-electron chi connectivity index (χ1n) is 8.37. The van der Waals surface area contributed by atoms with Gasteiger partial charge in [0.15, 0.2) is 16.7 Å². The summed E-state index contributed by atoms with van der Waals surface area (Å²) in [7, 11) is 0. The number of furan rings is 1. The molecule has 0 aliphatic rings. The van der Waals surface area contributed by atoms with Crippen molar-refractivity contribution >= 4 is 11.8 Å². The third kappa shape index (κ3) is 3.17. The summed E-state index contributed by atoms with van der Waals surface area (Å²) >= 11 is 1.59. The van der Waals surface area contributed by atoms with Crippen LogP contribution in [0.3, 0.4) is 0 Å². The molecule has 0 spiro atoms. The van der Waals surface area contributed by atoms with Crippen molar-refractivity contribution in [2.24, 2.45) is 0 Å². The van der Waals surface area contributed by atoms with E-state index in [4.69, 9.17) is 8.94 Å². The fourth-order valence-corrected chi connectivity index (χ4v) is 3.64. The Kier molecular flexibility index (Phi) is 4.62. The quantitative estimate of drug-likeness (QED) is 0.456. The van der Waals surface area contributed by atoms with Crippen LogP contribution in [0.25, 0.3) is 22.7 Å². The second-order valence-corrected chi connectivity index (χ2v) is 6.72. The molecule has 0 atom stereocenters. The van der Waals surface area contributed by atoms with Gasteiger partial charge in [-0.25, -0.2) is 0 Å². The van der Waals surface area contributed by atoms with E-state index in [1.807, 2.05) is 49.4 Å². The summed E-state index contributed by atoms with van der Waals surface area (Å²) in [6.07, 6.45) is 1.67. The summed E-state index contributed by atoms with van der Waals surface area (Å²) in [6.45, 7) is 4.79. The Labute approximate surface area is 155 Å². The van der Waals surface area contributed by atoms with E-state index in [9.17, 15) is 0 Å². The van der Waals surface area contributed by atoms with Gasteiger partial charge >= 0.3 is 0 Å². The molecule has 6 nitrogen and oxygen atoms in total. The lowest BCUT2D eigenvalue weighted by molar-refractivity contribution is 0.426. The van der Waals surface area contributed by atoms with E-state index < -0.39 is 0 Å². The molecule has 4 rings (SSSR count). The largest absolute Gasteiger partial charge is 0.469 e. The van der Waals surface area contributed by atoms with Crippen LogP contribution in [0.5, 0.6) is 0 Å². The first-order chi connectivity index (χ1) is 12.8.